The van der Waals surface area contributed by atoms with E-state index in [0.29, 0.717) is 17.9 Å². The van der Waals surface area contributed by atoms with Crippen molar-refractivity contribution in [3.63, 3.8) is 0 Å². The number of alkyl halides is 9. The first-order valence-electron chi connectivity index (χ1n) is 11.7. The van der Waals surface area contributed by atoms with E-state index in [1.165, 1.54) is 18.2 Å². The maximum absolute atomic E-state index is 14.0. The van der Waals surface area contributed by atoms with Crippen LogP contribution in [0.4, 0.5) is 39.5 Å². The van der Waals surface area contributed by atoms with Gasteiger partial charge in [-0.1, -0.05) is 28.9 Å². The summed E-state index contributed by atoms with van der Waals surface area (Å²) in [4.78, 5) is 16.8. The van der Waals surface area contributed by atoms with Gasteiger partial charge in [0.15, 0.2) is 0 Å². The lowest BCUT2D eigenvalue weighted by atomic mass is 9.87. The molecular weight excluding hydrogens is 567 g/mol. The van der Waals surface area contributed by atoms with Crippen molar-refractivity contribution in [2.45, 2.75) is 62.8 Å². The summed E-state index contributed by atoms with van der Waals surface area (Å²) in [6, 6.07) is 4.20. The van der Waals surface area contributed by atoms with E-state index in [4.69, 9.17) is 16.4 Å². The van der Waals surface area contributed by atoms with Crippen molar-refractivity contribution in [1.82, 2.24) is 5.32 Å². The zero-order valence-electron chi connectivity index (χ0n) is 19.8. The number of hydrogen-bond donors (Lipinski definition) is 1. The third-order valence-corrected chi connectivity index (χ3v) is 6.77. The monoisotopic (exact) mass is 586 g/mol. The highest BCUT2D eigenvalue weighted by atomic mass is 35.5. The Balaban J connectivity index is 1.54. The molecule has 2 aliphatic rings. The van der Waals surface area contributed by atoms with E-state index in [1.807, 2.05) is 0 Å². The smallest absolute Gasteiger partial charge is 0.391 e. The van der Waals surface area contributed by atoms with Crippen LogP contribution in [-0.2, 0) is 28.5 Å². The van der Waals surface area contributed by atoms with Gasteiger partial charge in [0, 0.05) is 30.0 Å². The summed E-state index contributed by atoms with van der Waals surface area (Å²) in [6.45, 7) is 0.115. The third kappa shape index (κ3) is 7.17. The fourth-order valence-electron chi connectivity index (χ4n) is 4.24. The number of carbonyl (C=O) groups is 1. The maximum Gasteiger partial charge on any atom is 0.416 e. The minimum absolute atomic E-state index is 0.0245. The highest BCUT2D eigenvalue weighted by Gasteiger charge is 2.50. The predicted molar refractivity (Wildman–Crippen MR) is 122 cm³/mol. The van der Waals surface area contributed by atoms with Gasteiger partial charge in [-0.2, -0.15) is 39.5 Å². The fourth-order valence-corrected chi connectivity index (χ4v) is 4.49. The average molecular weight is 587 g/mol. The summed E-state index contributed by atoms with van der Waals surface area (Å²) in [5.74, 6) is -2.60. The lowest BCUT2D eigenvalue weighted by Crippen LogP contribution is -2.33. The van der Waals surface area contributed by atoms with Crippen LogP contribution in [0, 0.1) is 5.92 Å². The SMILES string of the molecule is O=C(CC1CC1)NCc1ccc(C2=NOC(C(c3cc(C(F)(F)F)cc(C(F)(F)F)c3)C(F)(F)F)C2)cc1Cl. The van der Waals surface area contributed by atoms with Crippen LogP contribution in [0.5, 0.6) is 0 Å². The van der Waals surface area contributed by atoms with Crippen molar-refractivity contribution < 1.29 is 49.1 Å². The molecular formula is C25H20ClF9N2O2. The highest BCUT2D eigenvalue weighted by Crippen LogP contribution is 2.45. The Kier molecular flexibility index (Phi) is 7.85. The second-order valence-electron chi connectivity index (χ2n) is 9.47. The van der Waals surface area contributed by atoms with Gasteiger partial charge in [-0.25, -0.2) is 0 Å². The van der Waals surface area contributed by atoms with Crippen molar-refractivity contribution in [2.75, 3.05) is 0 Å². The number of hydrogen-bond acceptors (Lipinski definition) is 3. The first-order valence-corrected chi connectivity index (χ1v) is 12.0. The zero-order valence-corrected chi connectivity index (χ0v) is 20.5. The number of benzene rings is 2. The molecule has 2 atom stereocenters. The number of carbonyl (C=O) groups excluding carboxylic acids is 1. The molecule has 2 unspecified atom stereocenters. The molecule has 1 saturated carbocycles. The molecule has 4 rings (SSSR count). The van der Waals surface area contributed by atoms with Crippen LogP contribution in [0.3, 0.4) is 0 Å². The fraction of sp³-hybridized carbons (Fsp3) is 0.440. The Hall–Kier alpha value is -2.96. The van der Waals surface area contributed by atoms with Gasteiger partial charge < -0.3 is 10.2 Å². The van der Waals surface area contributed by atoms with Crippen LogP contribution < -0.4 is 5.32 Å². The molecule has 0 radical (unpaired) electrons. The summed E-state index contributed by atoms with van der Waals surface area (Å²) in [7, 11) is 0. The van der Waals surface area contributed by atoms with Crippen LogP contribution in [0.15, 0.2) is 41.6 Å². The molecule has 1 aliphatic heterocycles. The summed E-state index contributed by atoms with van der Waals surface area (Å²) < 4.78 is 122. The Labute approximate surface area is 221 Å². The summed E-state index contributed by atoms with van der Waals surface area (Å²) in [6.07, 6.45) is -16.0. The van der Waals surface area contributed by atoms with E-state index in [0.717, 1.165) is 12.8 Å². The second-order valence-corrected chi connectivity index (χ2v) is 9.88. The van der Waals surface area contributed by atoms with Crippen LogP contribution in [-0.4, -0.2) is 23.9 Å². The van der Waals surface area contributed by atoms with Crippen molar-refractivity contribution in [2.24, 2.45) is 11.1 Å². The van der Waals surface area contributed by atoms with Crippen molar-refractivity contribution >= 4 is 23.2 Å². The van der Waals surface area contributed by atoms with Crippen molar-refractivity contribution in [1.29, 1.82) is 0 Å². The minimum Gasteiger partial charge on any atom is -0.391 e. The van der Waals surface area contributed by atoms with E-state index in [-0.39, 0.29) is 46.9 Å². The van der Waals surface area contributed by atoms with E-state index >= 15 is 0 Å². The number of rotatable bonds is 7. The van der Waals surface area contributed by atoms with E-state index < -0.39 is 53.7 Å². The molecule has 1 aliphatic carbocycles. The topological polar surface area (TPSA) is 50.7 Å². The molecule has 2 aromatic rings. The standard InChI is InChI=1S/C25H20ClF9N2O2/c26-18-8-13(3-4-14(18)11-36-21(38)5-12-1-2-12)19-10-20(39-37-19)22(25(33,34)35)15-6-16(23(27,28)29)9-17(7-15)24(30,31)32/h3-4,6-9,12,20,22H,1-2,5,10-11H2,(H,36,38). The van der Waals surface area contributed by atoms with Crippen molar-refractivity contribution in [3.8, 4) is 0 Å². The Bertz CT molecular complexity index is 1240. The molecule has 0 bridgehead atoms. The van der Waals surface area contributed by atoms with Gasteiger partial charge in [0.2, 0.25) is 5.91 Å². The van der Waals surface area contributed by atoms with E-state index in [9.17, 15) is 44.3 Å². The molecule has 1 N–H and O–H groups in total. The number of nitrogens with zero attached hydrogens (tertiary/aromatic N) is 1. The van der Waals surface area contributed by atoms with Crippen LogP contribution in [0.1, 0.15) is 59.4 Å². The van der Waals surface area contributed by atoms with Crippen LogP contribution in [0.25, 0.3) is 0 Å². The molecule has 0 spiro atoms. The van der Waals surface area contributed by atoms with Gasteiger partial charge >= 0.3 is 18.5 Å². The number of nitrogens with one attached hydrogen (secondary N) is 1. The highest BCUT2D eigenvalue weighted by molar-refractivity contribution is 6.31. The number of halogens is 10. The van der Waals surface area contributed by atoms with E-state index in [2.05, 4.69) is 10.5 Å². The zero-order chi connectivity index (χ0) is 28.8. The molecule has 14 heteroatoms. The summed E-state index contributed by atoms with van der Waals surface area (Å²) in [5, 5.41) is 6.51. The average Bonchev–Trinajstić information content (AvgIpc) is 3.49. The van der Waals surface area contributed by atoms with Gasteiger partial charge in [0.05, 0.1) is 16.8 Å². The van der Waals surface area contributed by atoms with Gasteiger partial charge in [-0.15, -0.1) is 0 Å². The Morgan fingerprint density at radius 2 is 1.59 bits per heavy atom. The Morgan fingerprint density at radius 1 is 0.974 bits per heavy atom. The largest absolute Gasteiger partial charge is 0.416 e. The molecule has 4 nitrogen and oxygen atoms in total. The molecule has 39 heavy (non-hydrogen) atoms. The molecule has 2 aromatic carbocycles. The van der Waals surface area contributed by atoms with Gasteiger partial charge in [0.25, 0.3) is 0 Å². The molecule has 1 amide bonds. The first kappa shape index (κ1) is 29.0. The van der Waals surface area contributed by atoms with Gasteiger partial charge in [0.1, 0.15) is 12.0 Å². The molecule has 0 saturated heterocycles. The lowest BCUT2D eigenvalue weighted by molar-refractivity contribution is -0.177. The second kappa shape index (κ2) is 10.5. The third-order valence-electron chi connectivity index (χ3n) is 6.42. The molecule has 212 valence electrons. The first-order chi connectivity index (χ1) is 18.0. The van der Waals surface area contributed by atoms with Gasteiger partial charge in [-0.05, 0) is 54.2 Å². The Morgan fingerprint density at radius 3 is 2.10 bits per heavy atom. The van der Waals surface area contributed by atoms with Crippen LogP contribution in [0.2, 0.25) is 5.02 Å². The molecule has 0 aromatic heterocycles. The molecule has 1 fully saturated rings. The summed E-state index contributed by atoms with van der Waals surface area (Å²) in [5.41, 5.74) is -4.24. The van der Waals surface area contributed by atoms with E-state index in [1.54, 1.807) is 0 Å². The van der Waals surface area contributed by atoms with Gasteiger partial charge in [-0.3, -0.25) is 4.79 Å². The maximum atomic E-state index is 14.0. The number of amides is 1. The predicted octanol–water partition coefficient (Wildman–Crippen LogP) is 7.63. The lowest BCUT2D eigenvalue weighted by Gasteiger charge is -2.26. The minimum atomic E-state index is -5.32. The van der Waals surface area contributed by atoms with Crippen LogP contribution >= 0.6 is 11.6 Å². The normalized spacial score (nSPS) is 18.9. The molecule has 1 heterocycles. The quantitative estimate of drug-likeness (QED) is 0.339. The van der Waals surface area contributed by atoms with Crippen molar-refractivity contribution in [3.05, 3.63) is 69.2 Å². The number of oxime groups is 1. The summed E-state index contributed by atoms with van der Waals surface area (Å²) >= 11 is 6.26.